The van der Waals surface area contributed by atoms with E-state index >= 15 is 0 Å². The van der Waals surface area contributed by atoms with E-state index in [1.54, 1.807) is 22.2 Å². The molecule has 0 atom stereocenters. The van der Waals surface area contributed by atoms with Crippen LogP contribution in [0.1, 0.15) is 5.56 Å². The summed E-state index contributed by atoms with van der Waals surface area (Å²) in [6, 6.07) is 11.8. The van der Waals surface area contributed by atoms with Gasteiger partial charge in [0.1, 0.15) is 0 Å². The highest BCUT2D eigenvalue weighted by atomic mass is 79.9. The second-order valence-corrected chi connectivity index (χ2v) is 6.19. The Bertz CT molecular complexity index is 785. The summed E-state index contributed by atoms with van der Waals surface area (Å²) in [5, 5.41) is 13.4. The summed E-state index contributed by atoms with van der Waals surface area (Å²) < 4.78 is 3.14. The molecular weight excluding hydrogens is 356 g/mol. The van der Waals surface area contributed by atoms with Crippen LogP contribution in [0.2, 0.25) is 0 Å². The van der Waals surface area contributed by atoms with Crippen molar-refractivity contribution in [1.82, 2.24) is 14.9 Å². The zero-order valence-electron chi connectivity index (χ0n) is 10.2. The summed E-state index contributed by atoms with van der Waals surface area (Å²) in [6.45, 7) is 0. The molecule has 0 unspecified atom stereocenters. The van der Waals surface area contributed by atoms with Crippen LogP contribution in [0.3, 0.4) is 0 Å². The van der Waals surface area contributed by atoms with Gasteiger partial charge in [-0.3, -0.25) is 0 Å². The van der Waals surface area contributed by atoms with Crippen LogP contribution in [0.5, 0.6) is 0 Å². The Hall–Kier alpha value is -1.57. The summed E-state index contributed by atoms with van der Waals surface area (Å²) in [5.74, 6) is 0.721. The Balaban J connectivity index is 1.97. The number of halogens is 1. The number of hydrogen-bond donors (Lipinski definition) is 1. The van der Waals surface area contributed by atoms with Crippen LogP contribution in [0, 0.1) is 4.77 Å². The minimum absolute atomic E-state index is 0.474. The average molecular weight is 365 g/mol. The molecule has 0 aliphatic heterocycles. The molecule has 7 heteroatoms. The standard InChI is InChI=1S/C13H9BrN4S2/c14-10-5-3-9(4-6-10)8-15-18-12(16-17-13(18)19)11-2-1-7-20-11/h1-8H,(H,17,19)/b15-8+. The SMILES string of the molecule is S=c1[nH]nc(-c2cccs2)n1/N=C/c1ccc(Br)cc1. The Morgan fingerprint density at radius 2 is 2.10 bits per heavy atom. The average Bonchev–Trinajstić information content (AvgIpc) is 3.08. The number of aromatic amines is 1. The first kappa shape index (κ1) is 13.4. The van der Waals surface area contributed by atoms with Gasteiger partial charge in [-0.05, 0) is 41.4 Å². The van der Waals surface area contributed by atoms with Gasteiger partial charge in [0.05, 0.1) is 11.1 Å². The van der Waals surface area contributed by atoms with Crippen LogP contribution in [0.15, 0.2) is 51.4 Å². The van der Waals surface area contributed by atoms with Crippen LogP contribution in [0.4, 0.5) is 0 Å². The summed E-state index contributed by atoms with van der Waals surface area (Å²) in [7, 11) is 0. The van der Waals surface area contributed by atoms with Crippen molar-refractivity contribution in [3.8, 4) is 10.7 Å². The molecule has 0 amide bonds. The summed E-state index contributed by atoms with van der Waals surface area (Å²) in [4.78, 5) is 1.02. The van der Waals surface area contributed by atoms with Crippen LogP contribution >= 0.6 is 39.5 Å². The van der Waals surface area contributed by atoms with E-state index in [0.29, 0.717) is 4.77 Å². The number of H-pyrrole nitrogens is 1. The number of aromatic nitrogens is 3. The molecule has 2 heterocycles. The van der Waals surface area contributed by atoms with Gasteiger partial charge < -0.3 is 0 Å². The molecule has 100 valence electrons. The Morgan fingerprint density at radius 3 is 2.80 bits per heavy atom. The van der Waals surface area contributed by atoms with Gasteiger partial charge in [0.2, 0.25) is 4.77 Å². The van der Waals surface area contributed by atoms with Crippen molar-refractivity contribution in [2.45, 2.75) is 0 Å². The molecule has 0 spiro atoms. The fourth-order valence-corrected chi connectivity index (χ4v) is 2.78. The van der Waals surface area contributed by atoms with E-state index in [-0.39, 0.29) is 0 Å². The monoisotopic (exact) mass is 364 g/mol. The molecule has 0 radical (unpaired) electrons. The van der Waals surface area contributed by atoms with Crippen LogP contribution in [-0.2, 0) is 0 Å². The van der Waals surface area contributed by atoms with Gasteiger partial charge in [0, 0.05) is 4.47 Å². The molecule has 1 N–H and O–H groups in total. The molecule has 0 saturated carbocycles. The minimum Gasteiger partial charge on any atom is -0.250 e. The molecule has 3 aromatic rings. The van der Waals surface area contributed by atoms with E-state index in [0.717, 1.165) is 20.7 Å². The molecule has 3 rings (SSSR count). The Morgan fingerprint density at radius 1 is 1.30 bits per heavy atom. The molecular formula is C13H9BrN4S2. The van der Waals surface area contributed by atoms with Crippen molar-refractivity contribution < 1.29 is 0 Å². The third-order valence-electron chi connectivity index (χ3n) is 2.58. The third kappa shape index (κ3) is 2.79. The smallest absolute Gasteiger partial charge is 0.216 e. The lowest BCUT2D eigenvalue weighted by molar-refractivity contribution is 0.873. The second kappa shape index (κ2) is 5.82. The molecule has 20 heavy (non-hydrogen) atoms. The van der Waals surface area contributed by atoms with Crippen molar-refractivity contribution in [2.75, 3.05) is 0 Å². The second-order valence-electron chi connectivity index (χ2n) is 3.94. The minimum atomic E-state index is 0.474. The van der Waals surface area contributed by atoms with Crippen molar-refractivity contribution in [3.63, 3.8) is 0 Å². The fourth-order valence-electron chi connectivity index (χ4n) is 1.64. The van der Waals surface area contributed by atoms with Gasteiger partial charge in [0.15, 0.2) is 5.82 Å². The highest BCUT2D eigenvalue weighted by Gasteiger charge is 2.08. The summed E-state index contributed by atoms with van der Waals surface area (Å²) >= 11 is 10.2. The molecule has 1 aromatic carbocycles. The van der Waals surface area contributed by atoms with Gasteiger partial charge in [-0.1, -0.05) is 34.1 Å². The molecule has 2 aromatic heterocycles. The number of nitrogens with one attached hydrogen (secondary N) is 1. The lowest BCUT2D eigenvalue weighted by Gasteiger charge is -1.98. The predicted molar refractivity (Wildman–Crippen MR) is 87.9 cm³/mol. The molecule has 0 aliphatic carbocycles. The first-order valence-corrected chi connectivity index (χ1v) is 7.83. The Labute approximate surface area is 132 Å². The van der Waals surface area contributed by atoms with E-state index in [9.17, 15) is 0 Å². The maximum absolute atomic E-state index is 5.21. The van der Waals surface area contributed by atoms with Gasteiger partial charge >= 0.3 is 0 Å². The molecule has 0 saturated heterocycles. The van der Waals surface area contributed by atoms with Crippen LogP contribution in [0.25, 0.3) is 10.7 Å². The number of benzene rings is 1. The van der Waals surface area contributed by atoms with E-state index in [1.165, 1.54) is 0 Å². The molecule has 0 aliphatic rings. The fraction of sp³-hybridized carbons (Fsp3) is 0. The topological polar surface area (TPSA) is 46.0 Å². The normalized spacial score (nSPS) is 11.2. The van der Waals surface area contributed by atoms with Crippen LogP contribution < -0.4 is 0 Å². The zero-order valence-corrected chi connectivity index (χ0v) is 13.4. The van der Waals surface area contributed by atoms with E-state index in [1.807, 2.05) is 41.8 Å². The van der Waals surface area contributed by atoms with Crippen molar-refractivity contribution in [2.24, 2.45) is 5.10 Å². The number of rotatable bonds is 3. The first-order valence-electron chi connectivity index (χ1n) is 5.75. The van der Waals surface area contributed by atoms with Crippen LogP contribution in [-0.4, -0.2) is 21.1 Å². The van der Waals surface area contributed by atoms with E-state index < -0.39 is 0 Å². The van der Waals surface area contributed by atoms with Gasteiger partial charge in [-0.25, -0.2) is 5.10 Å². The molecule has 0 fully saturated rings. The highest BCUT2D eigenvalue weighted by molar-refractivity contribution is 9.10. The molecule has 0 bridgehead atoms. The lowest BCUT2D eigenvalue weighted by Crippen LogP contribution is -1.93. The summed E-state index contributed by atoms with van der Waals surface area (Å²) in [6.07, 6.45) is 1.76. The maximum Gasteiger partial charge on any atom is 0.216 e. The van der Waals surface area contributed by atoms with E-state index in [2.05, 4.69) is 31.2 Å². The quantitative estimate of drug-likeness (QED) is 0.555. The van der Waals surface area contributed by atoms with Gasteiger partial charge in [-0.15, -0.1) is 11.3 Å². The summed E-state index contributed by atoms with van der Waals surface area (Å²) in [5.41, 5.74) is 0.994. The number of nitrogens with zero attached hydrogens (tertiary/aromatic N) is 3. The lowest BCUT2D eigenvalue weighted by atomic mass is 10.2. The number of hydrogen-bond acceptors (Lipinski definition) is 4. The zero-order chi connectivity index (χ0) is 13.9. The third-order valence-corrected chi connectivity index (χ3v) is 4.24. The highest BCUT2D eigenvalue weighted by Crippen LogP contribution is 2.22. The maximum atomic E-state index is 5.21. The largest absolute Gasteiger partial charge is 0.250 e. The van der Waals surface area contributed by atoms with Crippen molar-refractivity contribution >= 4 is 45.7 Å². The van der Waals surface area contributed by atoms with Gasteiger partial charge in [-0.2, -0.15) is 14.9 Å². The predicted octanol–water partition coefficient (Wildman–Crippen LogP) is 4.31. The Kier molecular flexibility index (Phi) is 3.90. The van der Waals surface area contributed by atoms with E-state index in [4.69, 9.17) is 12.2 Å². The molecule has 4 nitrogen and oxygen atoms in total. The number of thiophene rings is 1. The van der Waals surface area contributed by atoms with Gasteiger partial charge in [0.25, 0.3) is 0 Å². The van der Waals surface area contributed by atoms with Crippen molar-refractivity contribution in [3.05, 3.63) is 56.6 Å². The van der Waals surface area contributed by atoms with Crippen molar-refractivity contribution in [1.29, 1.82) is 0 Å². The first-order chi connectivity index (χ1) is 9.74.